The fourth-order valence-electron chi connectivity index (χ4n) is 2.70. The standard InChI is InChI=1S/C15H17BrN4O/c16-12-9-18-20(10-12)14-4-6-19(7-5-14)15(21)11-2-1-3-13(17)8-11/h1-3,8-10,14H,4-7,17H2. The summed E-state index contributed by atoms with van der Waals surface area (Å²) in [7, 11) is 0. The smallest absolute Gasteiger partial charge is 0.253 e. The van der Waals surface area contributed by atoms with Crippen LogP contribution in [0.2, 0.25) is 0 Å². The van der Waals surface area contributed by atoms with Gasteiger partial charge in [0.05, 0.1) is 16.7 Å². The molecule has 1 aliphatic heterocycles. The molecule has 6 heteroatoms. The number of rotatable bonds is 2. The van der Waals surface area contributed by atoms with Crippen molar-refractivity contribution in [3.8, 4) is 0 Å². The summed E-state index contributed by atoms with van der Waals surface area (Å²) in [4.78, 5) is 14.3. The Kier molecular flexibility index (Phi) is 3.96. The molecule has 1 aromatic carbocycles. The quantitative estimate of drug-likeness (QED) is 0.848. The minimum atomic E-state index is 0.0578. The Labute approximate surface area is 131 Å². The minimum absolute atomic E-state index is 0.0578. The minimum Gasteiger partial charge on any atom is -0.399 e. The summed E-state index contributed by atoms with van der Waals surface area (Å²) in [6.07, 6.45) is 5.62. The van der Waals surface area contributed by atoms with Gasteiger partial charge in [0.15, 0.2) is 0 Å². The van der Waals surface area contributed by atoms with Gasteiger partial charge in [-0.3, -0.25) is 9.48 Å². The van der Waals surface area contributed by atoms with Gasteiger partial charge in [-0.2, -0.15) is 5.10 Å². The maximum atomic E-state index is 12.4. The summed E-state index contributed by atoms with van der Waals surface area (Å²) in [5, 5.41) is 4.33. The van der Waals surface area contributed by atoms with Crippen LogP contribution in [0.3, 0.4) is 0 Å². The van der Waals surface area contributed by atoms with Crippen molar-refractivity contribution in [3.05, 3.63) is 46.7 Å². The van der Waals surface area contributed by atoms with Crippen molar-refractivity contribution in [2.24, 2.45) is 0 Å². The van der Waals surface area contributed by atoms with E-state index in [1.165, 1.54) is 0 Å². The third-order valence-corrected chi connectivity index (χ3v) is 4.24. The molecular formula is C15H17BrN4O. The number of halogens is 1. The van der Waals surface area contributed by atoms with E-state index in [0.29, 0.717) is 17.3 Å². The molecule has 1 amide bonds. The summed E-state index contributed by atoms with van der Waals surface area (Å²) < 4.78 is 2.97. The largest absolute Gasteiger partial charge is 0.399 e. The van der Waals surface area contributed by atoms with Gasteiger partial charge in [-0.25, -0.2) is 0 Å². The van der Waals surface area contributed by atoms with Crippen molar-refractivity contribution >= 4 is 27.5 Å². The average molecular weight is 349 g/mol. The number of benzene rings is 1. The van der Waals surface area contributed by atoms with E-state index < -0.39 is 0 Å². The van der Waals surface area contributed by atoms with E-state index in [9.17, 15) is 4.79 Å². The van der Waals surface area contributed by atoms with Crippen molar-refractivity contribution in [2.45, 2.75) is 18.9 Å². The molecule has 0 radical (unpaired) electrons. The highest BCUT2D eigenvalue weighted by Crippen LogP contribution is 2.24. The molecule has 1 aromatic heterocycles. The second kappa shape index (κ2) is 5.89. The van der Waals surface area contributed by atoms with E-state index in [4.69, 9.17) is 5.73 Å². The lowest BCUT2D eigenvalue weighted by molar-refractivity contribution is 0.0690. The van der Waals surface area contributed by atoms with Crippen molar-refractivity contribution < 1.29 is 4.79 Å². The summed E-state index contributed by atoms with van der Waals surface area (Å²) in [5.74, 6) is 0.0578. The lowest BCUT2D eigenvalue weighted by atomic mass is 10.0. The summed E-state index contributed by atoms with van der Waals surface area (Å²) in [6.45, 7) is 1.49. The van der Waals surface area contributed by atoms with Gasteiger partial charge in [-0.05, 0) is 47.0 Å². The molecule has 0 aliphatic carbocycles. The van der Waals surface area contributed by atoms with Crippen LogP contribution in [0.25, 0.3) is 0 Å². The molecule has 21 heavy (non-hydrogen) atoms. The highest BCUT2D eigenvalue weighted by molar-refractivity contribution is 9.10. The number of nitrogens with two attached hydrogens (primary N) is 1. The van der Waals surface area contributed by atoms with Gasteiger partial charge in [-0.1, -0.05) is 6.07 Å². The van der Waals surface area contributed by atoms with Crippen molar-refractivity contribution in [1.82, 2.24) is 14.7 Å². The number of nitrogen functional groups attached to an aromatic ring is 1. The Morgan fingerprint density at radius 3 is 2.71 bits per heavy atom. The molecule has 2 aromatic rings. The van der Waals surface area contributed by atoms with Gasteiger partial charge in [0.2, 0.25) is 0 Å². The van der Waals surface area contributed by atoms with Crippen LogP contribution in [0, 0.1) is 0 Å². The highest BCUT2D eigenvalue weighted by Gasteiger charge is 2.25. The molecule has 3 rings (SSSR count). The van der Waals surface area contributed by atoms with Gasteiger partial charge in [0, 0.05) is 30.5 Å². The molecule has 5 nitrogen and oxygen atoms in total. The van der Waals surface area contributed by atoms with Crippen LogP contribution in [0.1, 0.15) is 29.2 Å². The maximum Gasteiger partial charge on any atom is 0.253 e. The molecule has 0 saturated carbocycles. The Bertz CT molecular complexity index is 647. The van der Waals surface area contributed by atoms with Crippen LogP contribution in [-0.2, 0) is 0 Å². The molecular weight excluding hydrogens is 332 g/mol. The fraction of sp³-hybridized carbons (Fsp3) is 0.333. The van der Waals surface area contributed by atoms with E-state index in [1.807, 2.05) is 27.9 Å². The first-order chi connectivity index (χ1) is 10.1. The SMILES string of the molecule is Nc1cccc(C(=O)N2CCC(n3cc(Br)cn3)CC2)c1. The highest BCUT2D eigenvalue weighted by atomic mass is 79.9. The van der Waals surface area contributed by atoms with E-state index in [0.717, 1.165) is 30.4 Å². The van der Waals surface area contributed by atoms with Gasteiger partial charge in [-0.15, -0.1) is 0 Å². The number of nitrogens with zero attached hydrogens (tertiary/aromatic N) is 3. The molecule has 2 heterocycles. The molecule has 2 N–H and O–H groups in total. The number of hydrogen-bond acceptors (Lipinski definition) is 3. The van der Waals surface area contributed by atoms with Gasteiger partial charge >= 0.3 is 0 Å². The Morgan fingerprint density at radius 2 is 2.10 bits per heavy atom. The van der Waals surface area contributed by atoms with Crippen LogP contribution in [0.4, 0.5) is 5.69 Å². The average Bonchev–Trinajstić information content (AvgIpc) is 2.93. The number of hydrogen-bond donors (Lipinski definition) is 1. The lowest BCUT2D eigenvalue weighted by Crippen LogP contribution is -2.39. The Morgan fingerprint density at radius 1 is 1.33 bits per heavy atom. The van der Waals surface area contributed by atoms with Crippen LogP contribution >= 0.6 is 15.9 Å². The van der Waals surface area contributed by atoms with Crippen molar-refractivity contribution in [2.75, 3.05) is 18.8 Å². The second-order valence-electron chi connectivity index (χ2n) is 5.29. The lowest BCUT2D eigenvalue weighted by Gasteiger charge is -2.32. The van der Waals surface area contributed by atoms with E-state index in [-0.39, 0.29) is 5.91 Å². The topological polar surface area (TPSA) is 64.2 Å². The zero-order valence-electron chi connectivity index (χ0n) is 11.6. The first-order valence-electron chi connectivity index (χ1n) is 6.98. The maximum absolute atomic E-state index is 12.4. The number of carbonyl (C=O) groups is 1. The van der Waals surface area contributed by atoms with E-state index in [2.05, 4.69) is 21.0 Å². The Hall–Kier alpha value is -1.82. The van der Waals surface area contributed by atoms with Gasteiger partial charge in [0.1, 0.15) is 0 Å². The first-order valence-corrected chi connectivity index (χ1v) is 7.77. The number of amides is 1. The zero-order chi connectivity index (χ0) is 14.8. The van der Waals surface area contributed by atoms with Crippen LogP contribution < -0.4 is 5.73 Å². The van der Waals surface area contributed by atoms with Crippen molar-refractivity contribution in [3.63, 3.8) is 0 Å². The third kappa shape index (κ3) is 3.10. The molecule has 1 fully saturated rings. The van der Waals surface area contributed by atoms with Crippen LogP contribution in [-0.4, -0.2) is 33.7 Å². The summed E-state index contributed by atoms with van der Waals surface area (Å²) in [6, 6.07) is 7.52. The molecule has 0 atom stereocenters. The van der Waals surface area contributed by atoms with Crippen LogP contribution in [0.5, 0.6) is 0 Å². The van der Waals surface area contributed by atoms with Crippen molar-refractivity contribution in [1.29, 1.82) is 0 Å². The molecule has 110 valence electrons. The fourth-order valence-corrected chi connectivity index (χ4v) is 3.00. The second-order valence-corrected chi connectivity index (χ2v) is 6.20. The van der Waals surface area contributed by atoms with Crippen LogP contribution in [0.15, 0.2) is 41.1 Å². The number of likely N-dealkylation sites (tertiary alicyclic amines) is 1. The molecule has 0 bridgehead atoms. The predicted octanol–water partition coefficient (Wildman–Crippen LogP) is 2.71. The predicted molar refractivity (Wildman–Crippen MR) is 85.0 cm³/mol. The zero-order valence-corrected chi connectivity index (χ0v) is 13.2. The molecule has 0 spiro atoms. The van der Waals surface area contributed by atoms with Gasteiger partial charge in [0.25, 0.3) is 5.91 Å². The van der Waals surface area contributed by atoms with E-state index in [1.54, 1.807) is 18.3 Å². The van der Waals surface area contributed by atoms with Gasteiger partial charge < -0.3 is 10.6 Å². The monoisotopic (exact) mass is 348 g/mol. The number of carbonyl (C=O) groups excluding carboxylic acids is 1. The number of aromatic nitrogens is 2. The molecule has 1 saturated heterocycles. The number of piperidine rings is 1. The van der Waals surface area contributed by atoms with E-state index >= 15 is 0 Å². The third-order valence-electron chi connectivity index (χ3n) is 3.83. The summed E-state index contributed by atoms with van der Waals surface area (Å²) >= 11 is 3.41. The molecule has 0 unspecified atom stereocenters. The Balaban J connectivity index is 1.64. The normalized spacial score (nSPS) is 16.1. The first kappa shape index (κ1) is 14.1. The molecule has 1 aliphatic rings. The number of anilines is 1. The summed E-state index contributed by atoms with van der Waals surface area (Å²) in [5.41, 5.74) is 7.02.